The summed E-state index contributed by atoms with van der Waals surface area (Å²) in [6, 6.07) is 0. The van der Waals surface area contributed by atoms with Crippen LogP contribution in [0.3, 0.4) is 0 Å². The summed E-state index contributed by atoms with van der Waals surface area (Å²) in [5, 5.41) is 19.5. The Morgan fingerprint density at radius 1 is 1.35 bits per heavy atom. The van der Waals surface area contributed by atoms with Gasteiger partial charge in [0.25, 0.3) is 0 Å². The number of fused-ring (bicyclic) bond motifs is 2. The average molecular weight is 285 g/mol. The summed E-state index contributed by atoms with van der Waals surface area (Å²) in [5.41, 5.74) is -1.54. The lowest BCUT2D eigenvalue weighted by atomic mass is 9.65. The molecule has 1 amide bonds. The number of piperidine rings is 1. The zero-order valence-corrected chi connectivity index (χ0v) is 12.3. The van der Waals surface area contributed by atoms with Crippen molar-refractivity contribution in [1.82, 2.24) is 4.90 Å². The Morgan fingerprint density at radius 2 is 2.00 bits per heavy atom. The van der Waals surface area contributed by atoms with Crippen LogP contribution in [0.15, 0.2) is 0 Å². The molecule has 0 radical (unpaired) electrons. The highest BCUT2D eigenvalue weighted by Gasteiger charge is 2.52. The maximum absolute atomic E-state index is 12.1. The van der Waals surface area contributed by atoms with Gasteiger partial charge in [0, 0.05) is 19.0 Å². The van der Waals surface area contributed by atoms with Gasteiger partial charge in [0.15, 0.2) is 0 Å². The molecule has 1 saturated heterocycles. The van der Waals surface area contributed by atoms with Crippen molar-refractivity contribution in [1.29, 1.82) is 0 Å². The van der Waals surface area contributed by atoms with Crippen molar-refractivity contribution < 1.29 is 24.5 Å². The van der Waals surface area contributed by atoms with E-state index in [0.717, 1.165) is 0 Å². The van der Waals surface area contributed by atoms with E-state index in [-0.39, 0.29) is 12.5 Å². The number of carbonyl (C=O) groups excluding carboxylic acids is 1. The van der Waals surface area contributed by atoms with Crippen LogP contribution >= 0.6 is 0 Å². The smallest absolute Gasteiger partial charge is 0.410 e. The number of aliphatic carboxylic acids is 1. The number of hydrogen-bond donors (Lipinski definition) is 2. The number of likely N-dealkylation sites (tertiary alicyclic amines) is 1. The Kier molecular flexibility index (Phi) is 3.71. The van der Waals surface area contributed by atoms with Crippen molar-refractivity contribution in [3.8, 4) is 0 Å². The topological polar surface area (TPSA) is 87.1 Å². The summed E-state index contributed by atoms with van der Waals surface area (Å²) < 4.78 is 5.31. The molecule has 1 aliphatic heterocycles. The molecular formula is C14H23NO5. The van der Waals surface area contributed by atoms with Crippen LogP contribution in [0.25, 0.3) is 0 Å². The third-order valence-corrected chi connectivity index (χ3v) is 4.17. The third kappa shape index (κ3) is 2.90. The number of carbonyl (C=O) groups is 2. The first-order chi connectivity index (χ1) is 9.13. The monoisotopic (exact) mass is 285 g/mol. The fourth-order valence-corrected chi connectivity index (χ4v) is 3.17. The molecule has 6 heteroatoms. The fraction of sp³-hybridized carbons (Fsp3) is 0.857. The van der Waals surface area contributed by atoms with E-state index < -0.39 is 29.2 Å². The Hall–Kier alpha value is -1.30. The van der Waals surface area contributed by atoms with E-state index in [1.807, 2.05) is 0 Å². The van der Waals surface area contributed by atoms with Gasteiger partial charge in [0.05, 0.1) is 11.5 Å². The Bertz CT molecular complexity index is 416. The number of amides is 1. The summed E-state index contributed by atoms with van der Waals surface area (Å²) in [5.74, 6) is -1.07. The molecule has 0 unspecified atom stereocenters. The van der Waals surface area contributed by atoms with Gasteiger partial charge in [-0.1, -0.05) is 0 Å². The average Bonchev–Trinajstić information content (AvgIpc) is 2.32. The molecular weight excluding hydrogens is 262 g/mol. The van der Waals surface area contributed by atoms with Crippen LogP contribution in [0.5, 0.6) is 0 Å². The van der Waals surface area contributed by atoms with Gasteiger partial charge < -0.3 is 19.8 Å². The summed E-state index contributed by atoms with van der Waals surface area (Å²) in [7, 11) is 0. The predicted octanol–water partition coefficient (Wildman–Crippen LogP) is 1.47. The fourth-order valence-electron chi connectivity index (χ4n) is 3.17. The van der Waals surface area contributed by atoms with Crippen LogP contribution in [0.1, 0.15) is 40.0 Å². The SMILES string of the molecule is CC(C)(C)OC(=O)N1C[C@@H]2C[C@@](C(=O)O)(CC[C@@H]2O)C1. The maximum Gasteiger partial charge on any atom is 0.410 e. The van der Waals surface area contributed by atoms with Crippen molar-refractivity contribution in [2.75, 3.05) is 13.1 Å². The van der Waals surface area contributed by atoms with Crippen LogP contribution in [0.4, 0.5) is 4.79 Å². The minimum absolute atomic E-state index is 0.167. The van der Waals surface area contributed by atoms with Gasteiger partial charge in [-0.3, -0.25) is 4.79 Å². The summed E-state index contributed by atoms with van der Waals surface area (Å²) in [4.78, 5) is 25.2. The van der Waals surface area contributed by atoms with E-state index in [4.69, 9.17) is 4.74 Å². The molecule has 2 rings (SSSR count). The highest BCUT2D eigenvalue weighted by molar-refractivity contribution is 5.77. The van der Waals surface area contributed by atoms with Crippen molar-refractivity contribution in [2.45, 2.75) is 51.7 Å². The lowest BCUT2D eigenvalue weighted by molar-refractivity contribution is -0.161. The lowest BCUT2D eigenvalue weighted by Gasteiger charge is -2.48. The molecule has 1 saturated carbocycles. The number of rotatable bonds is 1. The minimum Gasteiger partial charge on any atom is -0.481 e. The van der Waals surface area contributed by atoms with E-state index in [9.17, 15) is 19.8 Å². The molecule has 114 valence electrons. The molecule has 0 spiro atoms. The molecule has 2 N–H and O–H groups in total. The highest BCUT2D eigenvalue weighted by Crippen LogP contribution is 2.44. The maximum atomic E-state index is 12.1. The molecule has 1 heterocycles. The molecule has 20 heavy (non-hydrogen) atoms. The number of carboxylic acid groups (broad SMARTS) is 1. The second kappa shape index (κ2) is 4.91. The molecule has 3 atom stereocenters. The molecule has 0 aromatic heterocycles. The normalized spacial score (nSPS) is 33.7. The van der Waals surface area contributed by atoms with Crippen LogP contribution in [-0.2, 0) is 9.53 Å². The number of aliphatic hydroxyl groups is 1. The zero-order chi connectivity index (χ0) is 15.1. The predicted molar refractivity (Wildman–Crippen MR) is 71.2 cm³/mol. The van der Waals surface area contributed by atoms with E-state index >= 15 is 0 Å². The first kappa shape index (κ1) is 15.1. The van der Waals surface area contributed by atoms with Gasteiger partial charge >= 0.3 is 12.1 Å². The van der Waals surface area contributed by atoms with Crippen molar-refractivity contribution >= 4 is 12.1 Å². The van der Waals surface area contributed by atoms with Crippen molar-refractivity contribution in [3.63, 3.8) is 0 Å². The van der Waals surface area contributed by atoms with Crippen LogP contribution in [-0.4, -0.2) is 52.0 Å². The molecule has 2 fully saturated rings. The molecule has 0 aromatic rings. The first-order valence-corrected chi connectivity index (χ1v) is 7.02. The Morgan fingerprint density at radius 3 is 2.55 bits per heavy atom. The Labute approximate surface area is 118 Å². The van der Waals surface area contributed by atoms with E-state index in [1.165, 1.54) is 4.90 Å². The third-order valence-electron chi connectivity index (χ3n) is 4.17. The van der Waals surface area contributed by atoms with Gasteiger partial charge in [-0.2, -0.15) is 0 Å². The molecule has 2 bridgehead atoms. The molecule has 2 aliphatic rings. The second-order valence-electron chi connectivity index (χ2n) is 7.02. The Balaban J connectivity index is 2.16. The van der Waals surface area contributed by atoms with E-state index in [2.05, 4.69) is 0 Å². The van der Waals surface area contributed by atoms with E-state index in [0.29, 0.717) is 25.8 Å². The number of aliphatic hydroxyl groups excluding tert-OH is 1. The number of carboxylic acids is 1. The summed E-state index contributed by atoms with van der Waals surface area (Å²) in [6.45, 7) is 5.86. The number of nitrogens with zero attached hydrogens (tertiary/aromatic N) is 1. The van der Waals surface area contributed by atoms with Crippen molar-refractivity contribution in [3.05, 3.63) is 0 Å². The van der Waals surface area contributed by atoms with Gasteiger partial charge in [-0.15, -0.1) is 0 Å². The highest BCUT2D eigenvalue weighted by atomic mass is 16.6. The van der Waals surface area contributed by atoms with Gasteiger partial charge in [0.1, 0.15) is 5.60 Å². The first-order valence-electron chi connectivity index (χ1n) is 7.02. The number of ether oxygens (including phenoxy) is 1. The standard InChI is InChI=1S/C14H23NO5/c1-13(2,3)20-12(19)15-7-9-6-14(8-15,11(17)18)5-4-10(9)16/h9-10,16H,4-8H2,1-3H3,(H,17,18)/t9-,10-,14-/m0/s1. The van der Waals surface area contributed by atoms with Crippen molar-refractivity contribution in [2.24, 2.45) is 11.3 Å². The quantitative estimate of drug-likeness (QED) is 0.761. The second-order valence-corrected chi connectivity index (χ2v) is 7.02. The van der Waals surface area contributed by atoms with E-state index in [1.54, 1.807) is 20.8 Å². The minimum atomic E-state index is -0.931. The zero-order valence-electron chi connectivity index (χ0n) is 12.3. The van der Waals surface area contributed by atoms with Gasteiger partial charge in [-0.05, 0) is 40.0 Å². The molecule has 0 aromatic carbocycles. The van der Waals surface area contributed by atoms with Crippen LogP contribution < -0.4 is 0 Å². The number of hydrogen-bond acceptors (Lipinski definition) is 4. The molecule has 6 nitrogen and oxygen atoms in total. The summed E-state index contributed by atoms with van der Waals surface area (Å²) >= 11 is 0. The van der Waals surface area contributed by atoms with Crippen LogP contribution in [0, 0.1) is 11.3 Å². The largest absolute Gasteiger partial charge is 0.481 e. The lowest BCUT2D eigenvalue weighted by Crippen LogP contribution is -2.58. The summed E-state index contributed by atoms with van der Waals surface area (Å²) in [6.07, 6.45) is 0.288. The van der Waals surface area contributed by atoms with Crippen LogP contribution in [0.2, 0.25) is 0 Å². The van der Waals surface area contributed by atoms with Gasteiger partial charge in [0.2, 0.25) is 0 Å². The molecule has 1 aliphatic carbocycles. The van der Waals surface area contributed by atoms with Gasteiger partial charge in [-0.25, -0.2) is 4.79 Å².